The zero-order valence-corrected chi connectivity index (χ0v) is 14.9. The van der Waals surface area contributed by atoms with Gasteiger partial charge in [0.05, 0.1) is 0 Å². The molecular formula is C19H30N2OS. The first-order valence-corrected chi connectivity index (χ1v) is 10.2. The monoisotopic (exact) mass is 334 g/mol. The minimum atomic E-state index is 0.306. The average molecular weight is 335 g/mol. The van der Waals surface area contributed by atoms with Gasteiger partial charge in [-0.3, -0.25) is 9.80 Å². The molecule has 1 aromatic carbocycles. The van der Waals surface area contributed by atoms with Crippen LogP contribution in [0.1, 0.15) is 24.8 Å². The van der Waals surface area contributed by atoms with Gasteiger partial charge in [0.2, 0.25) is 0 Å². The molecular weight excluding hydrogens is 304 g/mol. The fourth-order valence-corrected chi connectivity index (χ4v) is 5.02. The fraction of sp³-hybridized carbons (Fsp3) is 0.684. The summed E-state index contributed by atoms with van der Waals surface area (Å²) in [6.07, 6.45) is 4.72. The third-order valence-electron chi connectivity index (χ3n) is 5.34. The molecule has 0 spiro atoms. The number of piperazine rings is 1. The first-order valence-electron chi connectivity index (χ1n) is 9.07. The van der Waals surface area contributed by atoms with E-state index < -0.39 is 0 Å². The second-order valence-corrected chi connectivity index (χ2v) is 8.00. The van der Waals surface area contributed by atoms with Crippen LogP contribution in [-0.4, -0.2) is 71.3 Å². The van der Waals surface area contributed by atoms with Crippen LogP contribution in [0.2, 0.25) is 0 Å². The quantitative estimate of drug-likeness (QED) is 0.865. The van der Waals surface area contributed by atoms with E-state index in [1.54, 1.807) is 0 Å². The molecule has 1 atom stereocenters. The molecule has 2 heterocycles. The van der Waals surface area contributed by atoms with Crippen molar-refractivity contribution in [2.24, 2.45) is 0 Å². The second kappa shape index (κ2) is 9.07. The topological polar surface area (TPSA) is 26.7 Å². The molecule has 2 fully saturated rings. The predicted molar refractivity (Wildman–Crippen MR) is 99.1 cm³/mol. The van der Waals surface area contributed by atoms with E-state index in [1.165, 1.54) is 36.5 Å². The maximum absolute atomic E-state index is 9.47. The van der Waals surface area contributed by atoms with Crippen LogP contribution < -0.4 is 0 Å². The molecule has 2 aliphatic heterocycles. The van der Waals surface area contributed by atoms with Crippen molar-refractivity contribution in [2.75, 3.05) is 44.3 Å². The molecule has 0 aliphatic carbocycles. The van der Waals surface area contributed by atoms with E-state index in [0.29, 0.717) is 12.6 Å². The Morgan fingerprint density at radius 2 is 1.87 bits per heavy atom. The molecule has 2 saturated heterocycles. The van der Waals surface area contributed by atoms with Crippen LogP contribution in [0.15, 0.2) is 30.3 Å². The lowest BCUT2D eigenvalue weighted by atomic mass is 10.0. The first kappa shape index (κ1) is 17.3. The fourth-order valence-electron chi connectivity index (χ4n) is 3.93. The number of hydrogen-bond acceptors (Lipinski definition) is 4. The number of benzene rings is 1. The lowest BCUT2D eigenvalue weighted by molar-refractivity contribution is 0.0346. The number of nitrogens with zero attached hydrogens (tertiary/aromatic N) is 2. The summed E-state index contributed by atoms with van der Waals surface area (Å²) in [6, 6.07) is 12.1. The van der Waals surface area contributed by atoms with E-state index in [1.807, 2.05) is 0 Å². The molecule has 3 nitrogen and oxygen atoms in total. The van der Waals surface area contributed by atoms with Gasteiger partial charge < -0.3 is 5.11 Å². The van der Waals surface area contributed by atoms with Gasteiger partial charge in [-0.1, -0.05) is 30.3 Å². The predicted octanol–water partition coefficient (Wildman–Crippen LogP) is 2.49. The van der Waals surface area contributed by atoms with Gasteiger partial charge in [-0.2, -0.15) is 11.8 Å². The van der Waals surface area contributed by atoms with Gasteiger partial charge in [0.15, 0.2) is 0 Å². The molecule has 3 rings (SSSR count). The third-order valence-corrected chi connectivity index (χ3v) is 6.38. The molecule has 128 valence electrons. The van der Waals surface area contributed by atoms with Gasteiger partial charge in [-0.15, -0.1) is 0 Å². The Kier molecular flexibility index (Phi) is 6.81. The molecule has 4 heteroatoms. The zero-order chi connectivity index (χ0) is 15.9. The van der Waals surface area contributed by atoms with Crippen LogP contribution in [0.25, 0.3) is 0 Å². The summed E-state index contributed by atoms with van der Waals surface area (Å²) in [4.78, 5) is 5.32. The highest BCUT2D eigenvalue weighted by atomic mass is 32.2. The first-order chi connectivity index (χ1) is 11.4. The summed E-state index contributed by atoms with van der Waals surface area (Å²) in [5.74, 6) is 2.65. The smallest absolute Gasteiger partial charge is 0.0446 e. The van der Waals surface area contributed by atoms with Crippen molar-refractivity contribution in [1.82, 2.24) is 9.80 Å². The normalized spacial score (nSPS) is 24.8. The van der Waals surface area contributed by atoms with Gasteiger partial charge in [0.1, 0.15) is 0 Å². The number of thioether (sulfide) groups is 1. The van der Waals surface area contributed by atoms with Crippen LogP contribution in [0.5, 0.6) is 0 Å². The van der Waals surface area contributed by atoms with Crippen LogP contribution in [0.3, 0.4) is 0 Å². The van der Waals surface area contributed by atoms with Crippen LogP contribution in [0, 0.1) is 0 Å². The molecule has 0 saturated carbocycles. The molecule has 1 aromatic rings. The van der Waals surface area contributed by atoms with Crippen molar-refractivity contribution in [3.63, 3.8) is 0 Å². The highest BCUT2D eigenvalue weighted by Crippen LogP contribution is 2.25. The minimum absolute atomic E-state index is 0.306. The Morgan fingerprint density at radius 3 is 2.61 bits per heavy atom. The lowest BCUT2D eigenvalue weighted by Gasteiger charge is -2.45. The number of aliphatic hydroxyl groups excluding tert-OH is 1. The summed E-state index contributed by atoms with van der Waals surface area (Å²) >= 11 is 2.10. The third kappa shape index (κ3) is 4.96. The van der Waals surface area contributed by atoms with Crippen molar-refractivity contribution in [1.29, 1.82) is 0 Å². The largest absolute Gasteiger partial charge is 0.396 e. The second-order valence-electron chi connectivity index (χ2n) is 6.78. The Balaban J connectivity index is 1.54. The number of aliphatic hydroxyl groups is 1. The van der Waals surface area contributed by atoms with Gasteiger partial charge in [-0.25, -0.2) is 0 Å². The molecule has 0 bridgehead atoms. The minimum Gasteiger partial charge on any atom is -0.396 e. The Bertz CT molecular complexity index is 450. The maximum atomic E-state index is 9.47. The van der Waals surface area contributed by atoms with Crippen LogP contribution in [-0.2, 0) is 6.42 Å². The summed E-state index contributed by atoms with van der Waals surface area (Å²) in [5.41, 5.74) is 1.42. The molecule has 0 aromatic heterocycles. The summed E-state index contributed by atoms with van der Waals surface area (Å²) in [5, 5.41) is 9.47. The Labute approximate surface area is 145 Å². The average Bonchev–Trinajstić information content (AvgIpc) is 2.62. The number of hydrogen-bond donors (Lipinski definition) is 1. The van der Waals surface area contributed by atoms with E-state index in [4.69, 9.17) is 0 Å². The van der Waals surface area contributed by atoms with Gasteiger partial charge in [-0.05, 0) is 42.8 Å². The molecule has 0 unspecified atom stereocenters. The SMILES string of the molecule is OCC[C@@H]1CN(C2CCSCC2)CCN1CCc1ccccc1. The highest BCUT2D eigenvalue weighted by Gasteiger charge is 2.30. The van der Waals surface area contributed by atoms with Gasteiger partial charge in [0, 0.05) is 44.9 Å². The molecule has 1 N–H and O–H groups in total. The van der Waals surface area contributed by atoms with Gasteiger partial charge >= 0.3 is 0 Å². The van der Waals surface area contributed by atoms with Crippen LogP contribution >= 0.6 is 11.8 Å². The molecule has 2 aliphatic rings. The van der Waals surface area contributed by atoms with Gasteiger partial charge in [0.25, 0.3) is 0 Å². The molecule has 0 radical (unpaired) electrons. The molecule has 23 heavy (non-hydrogen) atoms. The van der Waals surface area contributed by atoms with E-state index in [-0.39, 0.29) is 0 Å². The Hall–Kier alpha value is -0.550. The van der Waals surface area contributed by atoms with E-state index in [2.05, 4.69) is 51.9 Å². The van der Waals surface area contributed by atoms with Crippen LogP contribution in [0.4, 0.5) is 0 Å². The van der Waals surface area contributed by atoms with E-state index in [9.17, 15) is 5.11 Å². The van der Waals surface area contributed by atoms with Crippen molar-refractivity contribution in [3.8, 4) is 0 Å². The van der Waals surface area contributed by atoms with E-state index >= 15 is 0 Å². The van der Waals surface area contributed by atoms with Crippen molar-refractivity contribution in [3.05, 3.63) is 35.9 Å². The zero-order valence-electron chi connectivity index (χ0n) is 14.1. The van der Waals surface area contributed by atoms with E-state index in [0.717, 1.165) is 38.5 Å². The highest BCUT2D eigenvalue weighted by molar-refractivity contribution is 7.99. The van der Waals surface area contributed by atoms with Crippen molar-refractivity contribution >= 4 is 11.8 Å². The van der Waals surface area contributed by atoms with Crippen molar-refractivity contribution < 1.29 is 5.11 Å². The summed E-state index contributed by atoms with van der Waals surface area (Å²) in [7, 11) is 0. The Morgan fingerprint density at radius 1 is 1.09 bits per heavy atom. The molecule has 0 amide bonds. The number of rotatable bonds is 6. The van der Waals surface area contributed by atoms with Crippen molar-refractivity contribution in [2.45, 2.75) is 37.8 Å². The standard InChI is InChI=1S/C19H30N2OS/c22-13-7-19-16-21(18-8-14-23-15-9-18)12-11-20(19)10-6-17-4-2-1-3-5-17/h1-5,18-19,22H,6-16H2/t19-/m1/s1. The summed E-state index contributed by atoms with van der Waals surface area (Å²) < 4.78 is 0. The maximum Gasteiger partial charge on any atom is 0.0446 e. The summed E-state index contributed by atoms with van der Waals surface area (Å²) in [6.45, 7) is 4.92. The lowest BCUT2D eigenvalue weighted by Crippen LogP contribution is -2.56.